The number of alkyl halides is 3. The van der Waals surface area contributed by atoms with Gasteiger partial charge in [-0.05, 0) is 6.07 Å². The number of aliphatic hydroxyl groups is 1. The first kappa shape index (κ1) is 13.7. The fourth-order valence-electron chi connectivity index (χ4n) is 1.06. The van der Waals surface area contributed by atoms with Crippen LogP contribution in [0.1, 0.15) is 5.69 Å². The first-order valence-electron chi connectivity index (χ1n) is 4.74. The zero-order valence-electron chi connectivity index (χ0n) is 9.03. The topological polar surface area (TPSA) is 67.3 Å². The number of rotatable bonds is 5. The Labute approximate surface area is 95.6 Å². The summed E-state index contributed by atoms with van der Waals surface area (Å²) in [4.78, 5) is 6.89. The summed E-state index contributed by atoms with van der Waals surface area (Å²) in [6.45, 7) is 0.0844. The highest BCUT2D eigenvalue weighted by Gasteiger charge is 2.32. The van der Waals surface area contributed by atoms with Crippen LogP contribution in [0.5, 0.6) is 0 Å². The number of nitrogens with zero attached hydrogens (tertiary/aromatic N) is 2. The number of halogens is 3. The van der Waals surface area contributed by atoms with Gasteiger partial charge in [-0.1, -0.05) is 0 Å². The average Bonchev–Trinajstić information content (AvgIpc) is 2.26. The summed E-state index contributed by atoms with van der Waals surface area (Å²) in [6, 6.07) is 0.775. The molecule has 0 aliphatic heterocycles. The lowest BCUT2D eigenvalue weighted by Gasteiger charge is -2.11. The SMILES string of the molecule is COCC(O)CNc1nccc(C(F)(F)F)n1. The molecule has 0 radical (unpaired) electrons. The van der Waals surface area contributed by atoms with Crippen molar-refractivity contribution in [3.63, 3.8) is 0 Å². The summed E-state index contributed by atoms with van der Waals surface area (Å²) in [5.74, 6) is -0.185. The molecule has 0 bridgehead atoms. The Bertz CT molecular complexity index is 360. The number of anilines is 1. The molecule has 8 heteroatoms. The fraction of sp³-hybridized carbons (Fsp3) is 0.556. The second kappa shape index (κ2) is 5.78. The molecular formula is C9H12F3N3O2. The highest BCUT2D eigenvalue weighted by molar-refractivity contribution is 5.26. The zero-order valence-corrected chi connectivity index (χ0v) is 9.03. The van der Waals surface area contributed by atoms with Gasteiger partial charge >= 0.3 is 6.18 Å². The summed E-state index contributed by atoms with van der Waals surface area (Å²) in [6.07, 6.45) is -4.34. The standard InChI is InChI=1S/C9H12F3N3O2/c1-17-5-6(16)4-14-8-13-3-2-7(15-8)9(10,11)12/h2-3,6,16H,4-5H2,1H3,(H,13,14,15). The second-order valence-electron chi connectivity index (χ2n) is 3.25. The molecule has 0 saturated heterocycles. The minimum Gasteiger partial charge on any atom is -0.389 e. The summed E-state index contributed by atoms with van der Waals surface area (Å²) in [7, 11) is 1.41. The predicted molar refractivity (Wildman–Crippen MR) is 53.4 cm³/mol. The van der Waals surface area contributed by atoms with Crippen molar-refractivity contribution < 1.29 is 23.0 Å². The smallest absolute Gasteiger partial charge is 0.389 e. The summed E-state index contributed by atoms with van der Waals surface area (Å²) >= 11 is 0. The number of aromatic nitrogens is 2. The second-order valence-corrected chi connectivity index (χ2v) is 3.25. The Morgan fingerprint density at radius 2 is 2.24 bits per heavy atom. The molecule has 0 fully saturated rings. The molecule has 96 valence electrons. The minimum absolute atomic E-state index is 0.00908. The van der Waals surface area contributed by atoms with Crippen LogP contribution >= 0.6 is 0 Å². The van der Waals surface area contributed by atoms with Crippen molar-refractivity contribution in [2.24, 2.45) is 0 Å². The van der Waals surface area contributed by atoms with E-state index >= 15 is 0 Å². The van der Waals surface area contributed by atoms with Crippen LogP contribution in [-0.2, 0) is 10.9 Å². The van der Waals surface area contributed by atoms with Gasteiger partial charge < -0.3 is 15.2 Å². The normalized spacial score (nSPS) is 13.5. The van der Waals surface area contributed by atoms with E-state index in [1.165, 1.54) is 7.11 Å². The Hall–Kier alpha value is -1.41. The molecule has 0 amide bonds. The maximum absolute atomic E-state index is 12.3. The minimum atomic E-state index is -4.51. The van der Waals surface area contributed by atoms with Crippen LogP contribution in [0.3, 0.4) is 0 Å². The monoisotopic (exact) mass is 251 g/mol. The van der Waals surface area contributed by atoms with Crippen LogP contribution in [0.4, 0.5) is 19.1 Å². The van der Waals surface area contributed by atoms with Crippen molar-refractivity contribution >= 4 is 5.95 Å². The molecule has 1 atom stereocenters. The van der Waals surface area contributed by atoms with Crippen molar-refractivity contribution in [1.29, 1.82) is 0 Å². The highest BCUT2D eigenvalue weighted by atomic mass is 19.4. The lowest BCUT2D eigenvalue weighted by atomic mass is 10.4. The van der Waals surface area contributed by atoms with E-state index in [9.17, 15) is 18.3 Å². The highest BCUT2D eigenvalue weighted by Crippen LogP contribution is 2.27. The maximum Gasteiger partial charge on any atom is 0.433 e. The molecular weight excluding hydrogens is 239 g/mol. The molecule has 1 aromatic heterocycles. The van der Waals surface area contributed by atoms with Gasteiger partial charge in [0.25, 0.3) is 0 Å². The third kappa shape index (κ3) is 4.53. The van der Waals surface area contributed by atoms with E-state index in [4.69, 9.17) is 0 Å². The van der Waals surface area contributed by atoms with Gasteiger partial charge in [0.05, 0.1) is 12.7 Å². The van der Waals surface area contributed by atoms with Crippen molar-refractivity contribution in [2.45, 2.75) is 12.3 Å². The molecule has 17 heavy (non-hydrogen) atoms. The number of aliphatic hydroxyl groups excluding tert-OH is 1. The van der Waals surface area contributed by atoms with Crippen LogP contribution in [0.25, 0.3) is 0 Å². The van der Waals surface area contributed by atoms with Gasteiger partial charge in [-0.3, -0.25) is 0 Å². The molecule has 1 rings (SSSR count). The molecule has 0 spiro atoms. The zero-order chi connectivity index (χ0) is 12.9. The molecule has 2 N–H and O–H groups in total. The van der Waals surface area contributed by atoms with E-state index in [-0.39, 0.29) is 19.1 Å². The van der Waals surface area contributed by atoms with Gasteiger partial charge in [-0.15, -0.1) is 0 Å². The van der Waals surface area contributed by atoms with E-state index in [1.807, 2.05) is 0 Å². The molecule has 0 aromatic carbocycles. The summed E-state index contributed by atoms with van der Waals surface area (Å²) in [5.41, 5.74) is -1.03. The molecule has 0 saturated carbocycles. The Morgan fingerprint density at radius 3 is 2.82 bits per heavy atom. The number of ether oxygens (including phenoxy) is 1. The summed E-state index contributed by atoms with van der Waals surface area (Å²) < 4.78 is 41.6. The van der Waals surface area contributed by atoms with Gasteiger partial charge in [0.1, 0.15) is 5.69 Å². The molecule has 0 aliphatic rings. The van der Waals surface area contributed by atoms with Gasteiger partial charge in [0.15, 0.2) is 0 Å². The summed E-state index contributed by atoms with van der Waals surface area (Å²) in [5, 5.41) is 11.8. The van der Waals surface area contributed by atoms with Gasteiger partial charge in [0.2, 0.25) is 5.95 Å². The Kier molecular flexibility index (Phi) is 4.64. The number of nitrogens with one attached hydrogen (secondary N) is 1. The van der Waals surface area contributed by atoms with E-state index in [2.05, 4.69) is 20.0 Å². The lowest BCUT2D eigenvalue weighted by Crippen LogP contribution is -2.25. The van der Waals surface area contributed by atoms with E-state index < -0.39 is 18.0 Å². The molecule has 1 heterocycles. The van der Waals surface area contributed by atoms with Crippen LogP contribution < -0.4 is 5.32 Å². The van der Waals surface area contributed by atoms with Crippen LogP contribution in [0.2, 0.25) is 0 Å². The predicted octanol–water partition coefficient (Wildman–Crippen LogP) is 0.915. The fourth-order valence-corrected chi connectivity index (χ4v) is 1.06. The number of hydrogen-bond acceptors (Lipinski definition) is 5. The first-order valence-corrected chi connectivity index (χ1v) is 4.74. The maximum atomic E-state index is 12.3. The quantitative estimate of drug-likeness (QED) is 0.814. The van der Waals surface area contributed by atoms with E-state index in [0.29, 0.717) is 0 Å². The Morgan fingerprint density at radius 1 is 1.53 bits per heavy atom. The number of hydrogen-bond donors (Lipinski definition) is 2. The largest absolute Gasteiger partial charge is 0.433 e. The molecule has 1 aromatic rings. The Balaban J connectivity index is 2.60. The molecule has 0 aliphatic carbocycles. The molecule has 1 unspecified atom stereocenters. The van der Waals surface area contributed by atoms with Crippen LogP contribution in [-0.4, -0.2) is 41.4 Å². The van der Waals surface area contributed by atoms with Gasteiger partial charge in [0, 0.05) is 19.9 Å². The first-order chi connectivity index (χ1) is 7.93. The lowest BCUT2D eigenvalue weighted by molar-refractivity contribution is -0.141. The van der Waals surface area contributed by atoms with Crippen molar-refractivity contribution in [3.05, 3.63) is 18.0 Å². The number of methoxy groups -OCH3 is 1. The van der Waals surface area contributed by atoms with Gasteiger partial charge in [-0.2, -0.15) is 13.2 Å². The molecule has 5 nitrogen and oxygen atoms in total. The third-order valence-corrected chi connectivity index (χ3v) is 1.80. The van der Waals surface area contributed by atoms with Crippen molar-refractivity contribution in [2.75, 3.05) is 25.6 Å². The average molecular weight is 251 g/mol. The van der Waals surface area contributed by atoms with Gasteiger partial charge in [-0.25, -0.2) is 9.97 Å². The van der Waals surface area contributed by atoms with E-state index in [0.717, 1.165) is 12.3 Å². The van der Waals surface area contributed by atoms with Crippen LogP contribution in [0.15, 0.2) is 12.3 Å². The van der Waals surface area contributed by atoms with Crippen molar-refractivity contribution in [3.8, 4) is 0 Å². The van der Waals surface area contributed by atoms with E-state index in [1.54, 1.807) is 0 Å². The van der Waals surface area contributed by atoms with Crippen molar-refractivity contribution in [1.82, 2.24) is 9.97 Å². The van der Waals surface area contributed by atoms with Crippen LogP contribution in [0, 0.1) is 0 Å². The third-order valence-electron chi connectivity index (χ3n) is 1.80.